The van der Waals surface area contributed by atoms with Crippen LogP contribution in [-0.4, -0.2) is 55.9 Å². The van der Waals surface area contributed by atoms with Gasteiger partial charge in [0.1, 0.15) is 6.07 Å². The number of carbonyl (C=O) groups excluding carboxylic acids is 1. The van der Waals surface area contributed by atoms with Crippen LogP contribution < -0.4 is 5.32 Å². The lowest BCUT2D eigenvalue weighted by molar-refractivity contribution is 0.169. The van der Waals surface area contributed by atoms with Crippen LogP contribution in [0, 0.1) is 11.3 Å². The normalized spacial score (nSPS) is 15.9. The first kappa shape index (κ1) is 21.8. The van der Waals surface area contributed by atoms with Crippen molar-refractivity contribution in [1.82, 2.24) is 14.5 Å². The monoisotopic (exact) mass is 426 g/mol. The fourth-order valence-electron chi connectivity index (χ4n) is 3.46. The molecule has 7 nitrogen and oxygen atoms in total. The number of nitrogens with zero attached hydrogens (tertiary/aromatic N) is 3. The van der Waals surface area contributed by atoms with Gasteiger partial charge in [0, 0.05) is 32.2 Å². The molecule has 2 amide bonds. The molecule has 0 spiro atoms. The Hall–Kier alpha value is -2.89. The maximum atomic E-state index is 12.9. The predicted octanol–water partition coefficient (Wildman–Crippen LogP) is 2.60. The number of nitrogens with one attached hydrogen (secondary N) is 1. The van der Waals surface area contributed by atoms with E-state index in [9.17, 15) is 18.5 Å². The summed E-state index contributed by atoms with van der Waals surface area (Å²) >= 11 is 0. The van der Waals surface area contributed by atoms with Gasteiger partial charge in [0.2, 0.25) is 10.0 Å². The Morgan fingerprint density at radius 2 is 1.70 bits per heavy atom. The molecule has 1 fully saturated rings. The molecule has 30 heavy (non-hydrogen) atoms. The van der Waals surface area contributed by atoms with Crippen molar-refractivity contribution < 1.29 is 13.2 Å². The van der Waals surface area contributed by atoms with Gasteiger partial charge >= 0.3 is 6.03 Å². The summed E-state index contributed by atoms with van der Waals surface area (Å²) < 4.78 is 27.1. The third-order valence-electron chi connectivity index (χ3n) is 5.23. The van der Waals surface area contributed by atoms with Gasteiger partial charge in [0.05, 0.1) is 10.5 Å². The molecule has 2 aromatic rings. The lowest BCUT2D eigenvalue weighted by Crippen LogP contribution is -2.54. The van der Waals surface area contributed by atoms with Crippen molar-refractivity contribution in [3.8, 4) is 6.07 Å². The minimum absolute atomic E-state index is 0.0138. The van der Waals surface area contributed by atoms with Crippen molar-refractivity contribution in [2.45, 2.75) is 30.7 Å². The van der Waals surface area contributed by atoms with Crippen LogP contribution in [-0.2, 0) is 16.4 Å². The molecule has 0 aliphatic carbocycles. The summed E-state index contributed by atoms with van der Waals surface area (Å²) in [6, 6.07) is 18.1. The minimum atomic E-state index is -3.76. The number of hydrogen-bond acceptors (Lipinski definition) is 4. The number of sulfonamides is 1. The van der Waals surface area contributed by atoms with Gasteiger partial charge in [0.15, 0.2) is 0 Å². The van der Waals surface area contributed by atoms with Gasteiger partial charge in [-0.1, -0.05) is 42.5 Å². The molecule has 1 saturated heterocycles. The van der Waals surface area contributed by atoms with Gasteiger partial charge in [-0.15, -0.1) is 0 Å². The van der Waals surface area contributed by atoms with Crippen LogP contribution in [0.2, 0.25) is 0 Å². The highest BCUT2D eigenvalue weighted by molar-refractivity contribution is 7.89. The first-order chi connectivity index (χ1) is 14.4. The second-order valence-corrected chi connectivity index (χ2v) is 9.28. The SMILES string of the molecule is CC(CCc1ccccc1)NC(=O)N1CCN(S(=O)(=O)c2ccccc2C#N)CC1. The first-order valence-electron chi connectivity index (χ1n) is 10.0. The van der Waals surface area contributed by atoms with Crippen LogP contribution >= 0.6 is 0 Å². The highest BCUT2D eigenvalue weighted by Gasteiger charge is 2.31. The molecule has 1 atom stereocenters. The van der Waals surface area contributed by atoms with Crippen molar-refractivity contribution >= 4 is 16.1 Å². The third-order valence-corrected chi connectivity index (χ3v) is 7.19. The zero-order chi connectivity index (χ0) is 21.6. The highest BCUT2D eigenvalue weighted by Crippen LogP contribution is 2.21. The zero-order valence-corrected chi connectivity index (χ0v) is 17.8. The van der Waals surface area contributed by atoms with E-state index in [4.69, 9.17) is 0 Å². The smallest absolute Gasteiger partial charge is 0.317 e. The molecular formula is C22H26N4O3S. The number of carbonyl (C=O) groups is 1. The van der Waals surface area contributed by atoms with E-state index in [2.05, 4.69) is 17.4 Å². The van der Waals surface area contributed by atoms with E-state index in [-0.39, 0.29) is 35.6 Å². The molecule has 8 heteroatoms. The minimum Gasteiger partial charge on any atom is -0.336 e. The summed E-state index contributed by atoms with van der Waals surface area (Å²) in [5, 5.41) is 12.2. The number of aryl methyl sites for hydroxylation is 1. The van der Waals surface area contributed by atoms with Crippen LogP contribution in [0.4, 0.5) is 4.79 Å². The Labute approximate surface area is 178 Å². The Balaban J connectivity index is 1.52. The maximum Gasteiger partial charge on any atom is 0.317 e. The molecule has 158 valence electrons. The van der Waals surface area contributed by atoms with Gasteiger partial charge in [-0.25, -0.2) is 13.2 Å². The molecule has 3 rings (SSSR count). The van der Waals surface area contributed by atoms with Crippen LogP contribution in [0.1, 0.15) is 24.5 Å². The topological polar surface area (TPSA) is 93.5 Å². The Morgan fingerprint density at radius 1 is 1.07 bits per heavy atom. The third kappa shape index (κ3) is 5.17. The lowest BCUT2D eigenvalue weighted by atomic mass is 10.1. The van der Waals surface area contributed by atoms with Crippen molar-refractivity contribution in [2.75, 3.05) is 26.2 Å². The number of amides is 2. The number of hydrogen-bond donors (Lipinski definition) is 1. The van der Waals surface area contributed by atoms with Crippen LogP contribution in [0.3, 0.4) is 0 Å². The average Bonchev–Trinajstić information content (AvgIpc) is 2.78. The molecule has 1 N–H and O–H groups in total. The summed E-state index contributed by atoms with van der Waals surface area (Å²) in [7, 11) is -3.76. The standard InChI is InChI=1S/C22H26N4O3S/c1-18(11-12-19-7-3-2-4-8-19)24-22(27)25-13-15-26(16-14-25)30(28,29)21-10-6-5-9-20(21)17-23/h2-10,18H,11-16H2,1H3,(H,24,27). The van der Waals surface area contributed by atoms with Gasteiger partial charge < -0.3 is 10.2 Å². The lowest BCUT2D eigenvalue weighted by Gasteiger charge is -2.34. The van der Waals surface area contributed by atoms with Crippen molar-refractivity contribution in [2.24, 2.45) is 0 Å². The number of nitriles is 1. The number of piperazine rings is 1. The summed E-state index contributed by atoms with van der Waals surface area (Å²) in [4.78, 5) is 14.2. The number of rotatable bonds is 6. The highest BCUT2D eigenvalue weighted by atomic mass is 32.2. The number of benzene rings is 2. The fraction of sp³-hybridized carbons (Fsp3) is 0.364. The van der Waals surface area contributed by atoms with E-state index in [1.807, 2.05) is 31.2 Å². The second-order valence-electron chi connectivity index (χ2n) is 7.37. The average molecular weight is 427 g/mol. The molecule has 0 radical (unpaired) electrons. The molecular weight excluding hydrogens is 400 g/mol. The molecule has 1 aliphatic rings. The zero-order valence-electron chi connectivity index (χ0n) is 17.0. The van der Waals surface area contributed by atoms with E-state index in [0.29, 0.717) is 13.1 Å². The summed E-state index contributed by atoms with van der Waals surface area (Å²) in [5.74, 6) is 0. The molecule has 1 aliphatic heterocycles. The summed E-state index contributed by atoms with van der Waals surface area (Å²) in [6.07, 6.45) is 1.71. The van der Waals surface area contributed by atoms with Crippen molar-refractivity contribution in [3.63, 3.8) is 0 Å². The Bertz CT molecular complexity index is 1010. The van der Waals surface area contributed by atoms with E-state index in [1.165, 1.54) is 22.0 Å². The van der Waals surface area contributed by atoms with E-state index in [0.717, 1.165) is 12.8 Å². The Kier molecular flexibility index (Phi) is 7.08. The summed E-state index contributed by atoms with van der Waals surface area (Å²) in [6.45, 7) is 3.00. The molecule has 0 saturated carbocycles. The van der Waals surface area contributed by atoms with Crippen LogP contribution in [0.25, 0.3) is 0 Å². The quantitative estimate of drug-likeness (QED) is 0.768. The van der Waals surface area contributed by atoms with Gasteiger partial charge in [-0.3, -0.25) is 0 Å². The largest absolute Gasteiger partial charge is 0.336 e. The first-order valence-corrected chi connectivity index (χ1v) is 11.4. The van der Waals surface area contributed by atoms with Crippen LogP contribution in [0.5, 0.6) is 0 Å². The fourth-order valence-corrected chi connectivity index (χ4v) is 5.02. The Morgan fingerprint density at radius 3 is 2.37 bits per heavy atom. The van der Waals surface area contributed by atoms with Gasteiger partial charge in [-0.05, 0) is 37.5 Å². The molecule has 1 heterocycles. The number of urea groups is 1. The molecule has 2 aromatic carbocycles. The van der Waals surface area contributed by atoms with E-state index >= 15 is 0 Å². The predicted molar refractivity (Wildman–Crippen MR) is 114 cm³/mol. The molecule has 1 unspecified atom stereocenters. The van der Waals surface area contributed by atoms with Crippen molar-refractivity contribution in [3.05, 3.63) is 65.7 Å². The summed E-state index contributed by atoms with van der Waals surface area (Å²) in [5.41, 5.74) is 1.36. The van der Waals surface area contributed by atoms with Crippen molar-refractivity contribution in [1.29, 1.82) is 5.26 Å². The molecule has 0 bridgehead atoms. The van der Waals surface area contributed by atoms with Gasteiger partial charge in [-0.2, -0.15) is 9.57 Å². The second kappa shape index (κ2) is 9.74. The van der Waals surface area contributed by atoms with E-state index < -0.39 is 10.0 Å². The van der Waals surface area contributed by atoms with Crippen LogP contribution in [0.15, 0.2) is 59.5 Å². The van der Waals surface area contributed by atoms with Gasteiger partial charge in [0.25, 0.3) is 0 Å². The van der Waals surface area contributed by atoms with E-state index in [1.54, 1.807) is 17.0 Å². The molecule has 0 aromatic heterocycles. The maximum absolute atomic E-state index is 12.9.